The Labute approximate surface area is 127 Å². The third-order valence-electron chi connectivity index (χ3n) is 2.85. The van der Waals surface area contributed by atoms with Crippen LogP contribution in [0.2, 0.25) is 0 Å². The monoisotopic (exact) mass is 305 g/mol. The molecule has 5 heteroatoms. The van der Waals surface area contributed by atoms with E-state index >= 15 is 0 Å². The van der Waals surface area contributed by atoms with E-state index in [0.717, 1.165) is 5.56 Å². The van der Waals surface area contributed by atoms with Crippen LogP contribution in [-0.4, -0.2) is 16.8 Å². The summed E-state index contributed by atoms with van der Waals surface area (Å²) in [5, 5.41) is 12.0. The van der Waals surface area contributed by atoms with E-state index < -0.39 is 0 Å². The molecule has 0 saturated heterocycles. The standard InChI is InChI=1S/C16H16FNO2S/c17-14-3-1-2-4-15(14)21-10-9-16(20)18-11-12-5-7-13(19)8-6-12/h1-8,19H,9-11H2,(H,18,20). The van der Waals surface area contributed by atoms with E-state index in [0.29, 0.717) is 23.6 Å². The lowest BCUT2D eigenvalue weighted by Gasteiger charge is -2.06. The van der Waals surface area contributed by atoms with Gasteiger partial charge in [-0.05, 0) is 29.8 Å². The number of hydrogen-bond donors (Lipinski definition) is 2. The van der Waals surface area contributed by atoms with Crippen LogP contribution >= 0.6 is 11.8 Å². The Balaban J connectivity index is 1.70. The maximum absolute atomic E-state index is 13.4. The van der Waals surface area contributed by atoms with Crippen molar-refractivity contribution >= 4 is 17.7 Å². The molecular formula is C16H16FNO2S. The number of thioether (sulfide) groups is 1. The fraction of sp³-hybridized carbons (Fsp3) is 0.188. The molecule has 2 aromatic carbocycles. The molecule has 3 nitrogen and oxygen atoms in total. The Bertz CT molecular complexity index is 601. The molecule has 0 atom stereocenters. The van der Waals surface area contributed by atoms with Crippen molar-refractivity contribution in [2.45, 2.75) is 17.9 Å². The predicted octanol–water partition coefficient (Wildman–Crippen LogP) is 3.33. The van der Waals surface area contributed by atoms with Crippen molar-refractivity contribution in [3.8, 4) is 5.75 Å². The predicted molar refractivity (Wildman–Crippen MR) is 81.7 cm³/mol. The minimum Gasteiger partial charge on any atom is -0.508 e. The average Bonchev–Trinajstić information content (AvgIpc) is 2.49. The number of amides is 1. The third kappa shape index (κ3) is 5.11. The lowest BCUT2D eigenvalue weighted by Crippen LogP contribution is -2.22. The molecule has 1 amide bonds. The SMILES string of the molecule is O=C(CCSc1ccccc1F)NCc1ccc(O)cc1. The first-order chi connectivity index (χ1) is 10.1. The van der Waals surface area contributed by atoms with Gasteiger partial charge in [0, 0.05) is 23.6 Å². The van der Waals surface area contributed by atoms with Crippen LogP contribution in [0, 0.1) is 5.82 Å². The second kappa shape index (κ2) is 7.69. The Kier molecular flexibility index (Phi) is 5.63. The van der Waals surface area contributed by atoms with Gasteiger partial charge in [0.15, 0.2) is 0 Å². The first-order valence-electron chi connectivity index (χ1n) is 6.57. The van der Waals surface area contributed by atoms with Crippen molar-refractivity contribution < 1.29 is 14.3 Å². The van der Waals surface area contributed by atoms with Gasteiger partial charge >= 0.3 is 0 Å². The third-order valence-corrected chi connectivity index (χ3v) is 3.90. The topological polar surface area (TPSA) is 49.3 Å². The van der Waals surface area contributed by atoms with Crippen LogP contribution < -0.4 is 5.32 Å². The van der Waals surface area contributed by atoms with Gasteiger partial charge in [-0.25, -0.2) is 4.39 Å². The molecule has 0 aliphatic rings. The molecule has 0 radical (unpaired) electrons. The van der Waals surface area contributed by atoms with Gasteiger partial charge in [0.05, 0.1) is 0 Å². The van der Waals surface area contributed by atoms with Crippen LogP contribution in [-0.2, 0) is 11.3 Å². The molecule has 0 aliphatic carbocycles. The normalized spacial score (nSPS) is 10.3. The van der Waals surface area contributed by atoms with Crippen molar-refractivity contribution in [1.29, 1.82) is 0 Å². The molecule has 21 heavy (non-hydrogen) atoms. The zero-order chi connectivity index (χ0) is 15.1. The summed E-state index contributed by atoms with van der Waals surface area (Å²) in [6, 6.07) is 13.2. The van der Waals surface area contributed by atoms with Crippen molar-refractivity contribution in [1.82, 2.24) is 5.32 Å². The fourth-order valence-electron chi connectivity index (χ4n) is 1.72. The van der Waals surface area contributed by atoms with Crippen molar-refractivity contribution in [3.05, 3.63) is 59.9 Å². The van der Waals surface area contributed by atoms with Gasteiger partial charge < -0.3 is 10.4 Å². The first-order valence-corrected chi connectivity index (χ1v) is 7.55. The van der Waals surface area contributed by atoms with E-state index in [-0.39, 0.29) is 17.5 Å². The van der Waals surface area contributed by atoms with Crippen LogP contribution in [0.4, 0.5) is 4.39 Å². The zero-order valence-corrected chi connectivity index (χ0v) is 12.2. The number of phenolic OH excluding ortho intramolecular Hbond substituents is 1. The minimum atomic E-state index is -0.257. The Hall–Kier alpha value is -2.01. The molecule has 2 N–H and O–H groups in total. The summed E-state index contributed by atoms with van der Waals surface area (Å²) < 4.78 is 13.4. The zero-order valence-electron chi connectivity index (χ0n) is 11.4. The number of carbonyl (C=O) groups is 1. The molecule has 0 heterocycles. The van der Waals surface area contributed by atoms with Crippen LogP contribution in [0.5, 0.6) is 5.75 Å². The molecule has 0 fully saturated rings. The van der Waals surface area contributed by atoms with Gasteiger partial charge in [-0.3, -0.25) is 4.79 Å². The average molecular weight is 305 g/mol. The maximum Gasteiger partial charge on any atom is 0.221 e. The highest BCUT2D eigenvalue weighted by atomic mass is 32.2. The molecule has 110 valence electrons. The number of aromatic hydroxyl groups is 1. The minimum absolute atomic E-state index is 0.0769. The number of nitrogens with one attached hydrogen (secondary N) is 1. The van der Waals surface area contributed by atoms with Gasteiger partial charge in [0.25, 0.3) is 0 Å². The lowest BCUT2D eigenvalue weighted by atomic mass is 10.2. The maximum atomic E-state index is 13.4. The summed E-state index contributed by atoms with van der Waals surface area (Å²) in [5.74, 6) is 0.396. The summed E-state index contributed by atoms with van der Waals surface area (Å²) >= 11 is 1.33. The number of rotatable bonds is 6. The molecule has 0 spiro atoms. The first kappa shape index (κ1) is 15.4. The number of halogens is 1. The largest absolute Gasteiger partial charge is 0.508 e. The number of hydrogen-bond acceptors (Lipinski definition) is 3. The van der Waals surface area contributed by atoms with Gasteiger partial charge in [0.1, 0.15) is 11.6 Å². The lowest BCUT2D eigenvalue weighted by molar-refractivity contribution is -0.120. The summed E-state index contributed by atoms with van der Waals surface area (Å²) in [7, 11) is 0. The highest BCUT2D eigenvalue weighted by molar-refractivity contribution is 7.99. The summed E-state index contributed by atoms with van der Waals surface area (Å²) in [6.07, 6.45) is 0.330. The second-order valence-corrected chi connectivity index (χ2v) is 5.61. The molecule has 2 rings (SSSR count). The smallest absolute Gasteiger partial charge is 0.221 e. The fourth-order valence-corrected chi connectivity index (χ4v) is 2.61. The Morgan fingerprint density at radius 2 is 1.86 bits per heavy atom. The number of benzene rings is 2. The van der Waals surface area contributed by atoms with Gasteiger partial charge in [-0.1, -0.05) is 24.3 Å². The van der Waals surface area contributed by atoms with Gasteiger partial charge in [0.2, 0.25) is 5.91 Å². The van der Waals surface area contributed by atoms with E-state index in [9.17, 15) is 9.18 Å². The molecular weight excluding hydrogens is 289 g/mol. The van der Waals surface area contributed by atoms with E-state index in [2.05, 4.69) is 5.32 Å². The highest BCUT2D eigenvalue weighted by Gasteiger charge is 2.05. The molecule has 0 aromatic heterocycles. The molecule has 0 unspecified atom stereocenters. The molecule has 0 saturated carbocycles. The quantitative estimate of drug-likeness (QED) is 0.805. The van der Waals surface area contributed by atoms with Crippen LogP contribution in [0.15, 0.2) is 53.4 Å². The van der Waals surface area contributed by atoms with Crippen molar-refractivity contribution in [2.75, 3.05) is 5.75 Å². The van der Waals surface area contributed by atoms with Crippen molar-refractivity contribution in [3.63, 3.8) is 0 Å². The van der Waals surface area contributed by atoms with E-state index in [4.69, 9.17) is 5.11 Å². The Morgan fingerprint density at radius 1 is 1.14 bits per heavy atom. The summed E-state index contributed by atoms with van der Waals surface area (Å²) in [5.41, 5.74) is 0.919. The second-order valence-electron chi connectivity index (χ2n) is 4.47. The highest BCUT2D eigenvalue weighted by Crippen LogP contribution is 2.21. The van der Waals surface area contributed by atoms with Crippen molar-refractivity contribution in [2.24, 2.45) is 0 Å². The molecule has 2 aromatic rings. The Morgan fingerprint density at radius 3 is 2.57 bits per heavy atom. The molecule has 0 aliphatic heterocycles. The number of carbonyl (C=O) groups excluding carboxylic acids is 1. The molecule has 0 bridgehead atoms. The van der Waals surface area contributed by atoms with E-state index in [1.165, 1.54) is 17.8 Å². The summed E-state index contributed by atoms with van der Waals surface area (Å²) in [6.45, 7) is 0.420. The number of phenols is 1. The van der Waals surface area contributed by atoms with Crippen LogP contribution in [0.1, 0.15) is 12.0 Å². The van der Waals surface area contributed by atoms with Crippen LogP contribution in [0.3, 0.4) is 0 Å². The van der Waals surface area contributed by atoms with E-state index in [1.807, 2.05) is 0 Å². The van der Waals surface area contributed by atoms with Gasteiger partial charge in [-0.15, -0.1) is 11.8 Å². The van der Waals surface area contributed by atoms with Gasteiger partial charge in [-0.2, -0.15) is 0 Å². The van der Waals surface area contributed by atoms with Crippen LogP contribution in [0.25, 0.3) is 0 Å². The van der Waals surface area contributed by atoms with E-state index in [1.54, 1.807) is 42.5 Å². The summed E-state index contributed by atoms with van der Waals surface area (Å²) in [4.78, 5) is 12.2.